The third kappa shape index (κ3) is 3.43. The van der Waals surface area contributed by atoms with E-state index in [1.54, 1.807) is 24.7 Å². The summed E-state index contributed by atoms with van der Waals surface area (Å²) in [7, 11) is 3.02. The highest BCUT2D eigenvalue weighted by Gasteiger charge is 2.42. The first kappa shape index (κ1) is 19.4. The fraction of sp³-hybridized carbons (Fsp3) is 0.286. The van der Waals surface area contributed by atoms with Gasteiger partial charge in [0.25, 0.3) is 0 Å². The molecule has 0 N–H and O–H groups in total. The predicted molar refractivity (Wildman–Crippen MR) is 103 cm³/mol. The molecule has 2 heterocycles. The van der Waals surface area contributed by atoms with Crippen LogP contribution in [0.15, 0.2) is 48.7 Å². The maximum Gasteiger partial charge on any atom is 0.513 e. The summed E-state index contributed by atoms with van der Waals surface area (Å²) < 4.78 is 17.1. The van der Waals surface area contributed by atoms with Gasteiger partial charge in [-0.3, -0.25) is 9.48 Å². The Morgan fingerprint density at radius 1 is 1.29 bits per heavy atom. The largest absolute Gasteiger partial charge is 0.513 e. The number of hydrogen-bond acceptors (Lipinski definition) is 6. The number of nitrogens with zero attached hydrogens (tertiary/aromatic N) is 2. The van der Waals surface area contributed by atoms with Crippen LogP contribution >= 0.6 is 0 Å². The molecule has 146 valence electrons. The Kier molecular flexibility index (Phi) is 4.85. The Balaban J connectivity index is 2.23. The van der Waals surface area contributed by atoms with Crippen LogP contribution < -0.4 is 0 Å². The Morgan fingerprint density at radius 2 is 2.00 bits per heavy atom. The second-order valence-electron chi connectivity index (χ2n) is 7.06. The minimum absolute atomic E-state index is 0.0392. The van der Waals surface area contributed by atoms with E-state index in [4.69, 9.17) is 9.47 Å². The highest BCUT2D eigenvalue weighted by molar-refractivity contribution is 6.26. The van der Waals surface area contributed by atoms with Crippen LogP contribution in [0.25, 0.3) is 16.7 Å². The zero-order valence-corrected chi connectivity index (χ0v) is 16.5. The Morgan fingerprint density at radius 3 is 2.61 bits per heavy atom. The van der Waals surface area contributed by atoms with Crippen molar-refractivity contribution in [1.29, 1.82) is 0 Å². The summed E-state index contributed by atoms with van der Waals surface area (Å²) in [6, 6.07) is 5.72. The van der Waals surface area contributed by atoms with E-state index in [0.717, 1.165) is 16.7 Å². The van der Waals surface area contributed by atoms with E-state index in [-0.39, 0.29) is 22.9 Å². The molecular weight excluding hydrogens is 360 g/mol. The van der Waals surface area contributed by atoms with E-state index in [0.29, 0.717) is 5.56 Å². The van der Waals surface area contributed by atoms with Crippen LogP contribution in [0, 0.1) is 6.92 Å². The molecule has 0 aliphatic carbocycles. The Hall–Kier alpha value is -3.35. The van der Waals surface area contributed by atoms with Gasteiger partial charge in [-0.05, 0) is 43.5 Å². The van der Waals surface area contributed by atoms with Crippen molar-refractivity contribution in [1.82, 2.24) is 9.78 Å². The summed E-state index contributed by atoms with van der Waals surface area (Å²) in [5.74, 6) is -0.260. The Labute approximate surface area is 163 Å². The number of ether oxygens (including phenoxy) is 3. The molecule has 1 aliphatic rings. The first-order valence-electron chi connectivity index (χ1n) is 8.67. The summed E-state index contributed by atoms with van der Waals surface area (Å²) >= 11 is 0. The van der Waals surface area contributed by atoms with Crippen molar-refractivity contribution in [3.63, 3.8) is 0 Å². The summed E-state index contributed by atoms with van der Waals surface area (Å²) in [5.41, 5.74) is 2.33. The number of Topliss-reactive ketones (excluding diaryl/α,β-unsaturated/α-hetero) is 1. The van der Waals surface area contributed by atoms with Crippen molar-refractivity contribution in [2.75, 3.05) is 7.11 Å². The van der Waals surface area contributed by atoms with E-state index in [2.05, 4.69) is 16.4 Å². The standard InChI is InChI=1S/C21H22N2O5/c1-12-7-8-14(15-10-22-23(5)11-15)9-16(12)17-18(27-20(25)26-6)13(2)28-21(3,4)19(17)24/h7-11H,2H2,1,3-6H3. The zero-order valence-electron chi connectivity index (χ0n) is 16.5. The molecular formula is C21H22N2O5. The minimum atomic E-state index is -1.15. The number of hydrogen-bond donors (Lipinski definition) is 0. The summed E-state index contributed by atoms with van der Waals surface area (Å²) in [4.78, 5) is 25.0. The average Bonchev–Trinajstić information content (AvgIpc) is 3.07. The molecule has 0 fully saturated rings. The van der Waals surface area contributed by atoms with E-state index < -0.39 is 11.8 Å². The molecule has 0 saturated carbocycles. The molecule has 0 spiro atoms. The molecule has 2 aromatic rings. The lowest BCUT2D eigenvalue weighted by atomic mass is 9.85. The van der Waals surface area contributed by atoms with Crippen molar-refractivity contribution in [3.05, 3.63) is 59.8 Å². The zero-order chi connectivity index (χ0) is 20.6. The quantitative estimate of drug-likeness (QED) is 0.752. The molecule has 0 radical (unpaired) electrons. The van der Waals surface area contributed by atoms with Crippen LogP contribution in [-0.4, -0.2) is 34.4 Å². The molecule has 1 aliphatic heterocycles. The van der Waals surface area contributed by atoms with Crippen LogP contribution in [0.2, 0.25) is 0 Å². The number of aryl methyl sites for hydroxylation is 2. The van der Waals surface area contributed by atoms with Gasteiger partial charge in [-0.25, -0.2) is 4.79 Å². The molecule has 28 heavy (non-hydrogen) atoms. The van der Waals surface area contributed by atoms with Crippen molar-refractivity contribution in [2.24, 2.45) is 7.05 Å². The lowest BCUT2D eigenvalue weighted by Crippen LogP contribution is -2.40. The number of ketones is 1. The van der Waals surface area contributed by atoms with Crippen molar-refractivity contribution in [3.8, 4) is 11.1 Å². The van der Waals surface area contributed by atoms with Gasteiger partial charge in [0.2, 0.25) is 5.78 Å². The Bertz CT molecular complexity index is 1010. The van der Waals surface area contributed by atoms with Crippen LogP contribution in [-0.2, 0) is 26.1 Å². The number of rotatable bonds is 3. The highest BCUT2D eigenvalue weighted by Crippen LogP contribution is 2.39. The van der Waals surface area contributed by atoms with E-state index in [1.165, 1.54) is 7.11 Å². The molecule has 0 unspecified atom stereocenters. The van der Waals surface area contributed by atoms with E-state index in [1.807, 2.05) is 38.4 Å². The molecule has 7 nitrogen and oxygen atoms in total. The molecule has 7 heteroatoms. The van der Waals surface area contributed by atoms with Gasteiger partial charge < -0.3 is 14.2 Å². The number of aromatic nitrogens is 2. The molecule has 1 aromatic carbocycles. The number of carbonyl (C=O) groups excluding carboxylic acids is 2. The molecule has 3 rings (SSSR count). The predicted octanol–water partition coefficient (Wildman–Crippen LogP) is 3.78. The van der Waals surface area contributed by atoms with Gasteiger partial charge in [-0.15, -0.1) is 0 Å². The van der Waals surface area contributed by atoms with E-state index >= 15 is 0 Å². The SMILES string of the molecule is C=C1OC(C)(C)C(=O)C(c2cc(-c3cnn(C)c3)ccc2C)=C1OC(=O)OC. The summed E-state index contributed by atoms with van der Waals surface area (Å²) in [5, 5.41) is 4.19. The fourth-order valence-corrected chi connectivity index (χ4v) is 3.06. The lowest BCUT2D eigenvalue weighted by molar-refractivity contribution is -0.131. The maximum absolute atomic E-state index is 13.2. The van der Waals surface area contributed by atoms with Crippen molar-refractivity contribution < 1.29 is 23.8 Å². The maximum atomic E-state index is 13.2. The minimum Gasteiger partial charge on any atom is -0.476 e. The monoisotopic (exact) mass is 382 g/mol. The summed E-state index contributed by atoms with van der Waals surface area (Å²) in [6.45, 7) is 9.00. The summed E-state index contributed by atoms with van der Waals surface area (Å²) in [6.07, 6.45) is 2.66. The molecule has 0 atom stereocenters. The first-order chi connectivity index (χ1) is 13.1. The highest BCUT2D eigenvalue weighted by atomic mass is 16.7. The third-order valence-corrected chi connectivity index (χ3v) is 4.53. The third-order valence-electron chi connectivity index (χ3n) is 4.53. The fourth-order valence-electron chi connectivity index (χ4n) is 3.06. The normalized spacial score (nSPS) is 16.0. The second kappa shape index (κ2) is 6.99. The van der Waals surface area contributed by atoms with Gasteiger partial charge >= 0.3 is 6.16 Å². The van der Waals surface area contributed by atoms with Crippen molar-refractivity contribution >= 4 is 17.5 Å². The van der Waals surface area contributed by atoms with E-state index in [9.17, 15) is 9.59 Å². The topological polar surface area (TPSA) is 79.6 Å². The van der Waals surface area contributed by atoms with Crippen molar-refractivity contribution in [2.45, 2.75) is 26.4 Å². The van der Waals surface area contributed by atoms with Gasteiger partial charge in [-0.1, -0.05) is 18.7 Å². The first-order valence-corrected chi connectivity index (χ1v) is 8.67. The lowest BCUT2D eigenvalue weighted by Gasteiger charge is -2.33. The molecule has 1 aromatic heterocycles. The van der Waals surface area contributed by atoms with Crippen LogP contribution in [0.4, 0.5) is 4.79 Å². The molecule has 0 saturated heterocycles. The number of carbonyl (C=O) groups is 2. The van der Waals surface area contributed by atoms with Gasteiger partial charge in [0.15, 0.2) is 17.1 Å². The molecule has 0 amide bonds. The van der Waals surface area contributed by atoms with Crippen LogP contribution in [0.1, 0.15) is 25.0 Å². The second-order valence-corrected chi connectivity index (χ2v) is 7.06. The van der Waals surface area contributed by atoms with Gasteiger partial charge in [0.05, 0.1) is 18.9 Å². The number of benzene rings is 1. The van der Waals surface area contributed by atoms with Gasteiger partial charge in [-0.2, -0.15) is 5.10 Å². The van der Waals surface area contributed by atoms with Crippen LogP contribution in [0.3, 0.4) is 0 Å². The smallest absolute Gasteiger partial charge is 0.476 e. The van der Waals surface area contributed by atoms with Gasteiger partial charge in [0.1, 0.15) is 0 Å². The van der Waals surface area contributed by atoms with Gasteiger partial charge in [0, 0.05) is 18.8 Å². The number of methoxy groups -OCH3 is 1. The van der Waals surface area contributed by atoms with Crippen LogP contribution in [0.5, 0.6) is 0 Å². The molecule has 0 bridgehead atoms. The average molecular weight is 382 g/mol.